The van der Waals surface area contributed by atoms with E-state index < -0.39 is 0 Å². The second kappa shape index (κ2) is 5.82. The van der Waals surface area contributed by atoms with Crippen LogP contribution < -0.4 is 10.6 Å². The van der Waals surface area contributed by atoms with Gasteiger partial charge in [-0.3, -0.25) is 4.79 Å². The highest BCUT2D eigenvalue weighted by molar-refractivity contribution is 5.94. The summed E-state index contributed by atoms with van der Waals surface area (Å²) in [6, 6.07) is 7.92. The van der Waals surface area contributed by atoms with Gasteiger partial charge in [-0.25, -0.2) is 0 Å². The van der Waals surface area contributed by atoms with Gasteiger partial charge in [-0.05, 0) is 31.2 Å². The van der Waals surface area contributed by atoms with Gasteiger partial charge in [-0.2, -0.15) is 0 Å². The predicted octanol–water partition coefficient (Wildman–Crippen LogP) is 2.78. The Bertz CT molecular complexity index is 368. The molecule has 1 rings (SSSR count). The second-order valence-electron chi connectivity index (χ2n) is 4.92. The number of hydrogen-bond acceptors (Lipinski definition) is 2. The van der Waals surface area contributed by atoms with Crippen molar-refractivity contribution in [2.45, 2.75) is 33.7 Å². The van der Waals surface area contributed by atoms with Crippen LogP contribution in [0.15, 0.2) is 24.3 Å². The van der Waals surface area contributed by atoms with Crippen LogP contribution in [0.1, 0.15) is 32.8 Å². The molecule has 0 saturated carbocycles. The summed E-state index contributed by atoms with van der Waals surface area (Å²) >= 11 is 0. The van der Waals surface area contributed by atoms with Crippen LogP contribution in [0.5, 0.6) is 0 Å². The molecule has 3 heteroatoms. The SMILES string of the molecule is CCC(C)(C)C(=O)Nc1ccc(CNC)cc1. The van der Waals surface area contributed by atoms with E-state index in [4.69, 9.17) is 0 Å². The summed E-state index contributed by atoms with van der Waals surface area (Å²) in [5.41, 5.74) is 1.75. The average Bonchev–Trinajstić information content (AvgIpc) is 2.32. The summed E-state index contributed by atoms with van der Waals surface area (Å²) in [4.78, 5) is 12.0. The Morgan fingerprint density at radius 3 is 2.29 bits per heavy atom. The van der Waals surface area contributed by atoms with E-state index in [2.05, 4.69) is 10.6 Å². The third-order valence-corrected chi connectivity index (χ3v) is 3.09. The molecule has 0 aliphatic carbocycles. The fourth-order valence-corrected chi connectivity index (χ4v) is 1.37. The van der Waals surface area contributed by atoms with E-state index in [9.17, 15) is 4.79 Å². The van der Waals surface area contributed by atoms with Gasteiger partial charge in [0.1, 0.15) is 0 Å². The number of rotatable bonds is 5. The molecule has 0 aliphatic heterocycles. The standard InChI is InChI=1S/C14H22N2O/c1-5-14(2,3)13(17)16-12-8-6-11(7-9-12)10-15-4/h6-9,15H,5,10H2,1-4H3,(H,16,17). The van der Waals surface area contributed by atoms with E-state index in [1.807, 2.05) is 52.1 Å². The van der Waals surface area contributed by atoms with Crippen LogP contribution in [0.25, 0.3) is 0 Å². The summed E-state index contributed by atoms with van der Waals surface area (Å²) in [5, 5.41) is 6.03. The van der Waals surface area contributed by atoms with E-state index in [-0.39, 0.29) is 11.3 Å². The van der Waals surface area contributed by atoms with Crippen molar-refractivity contribution < 1.29 is 4.79 Å². The highest BCUT2D eigenvalue weighted by atomic mass is 16.2. The van der Waals surface area contributed by atoms with Gasteiger partial charge < -0.3 is 10.6 Å². The quantitative estimate of drug-likeness (QED) is 0.822. The van der Waals surface area contributed by atoms with Crippen molar-refractivity contribution in [3.8, 4) is 0 Å². The first-order valence-electron chi connectivity index (χ1n) is 6.04. The van der Waals surface area contributed by atoms with Crippen LogP contribution in [-0.2, 0) is 11.3 Å². The second-order valence-corrected chi connectivity index (χ2v) is 4.92. The molecule has 0 heterocycles. The summed E-state index contributed by atoms with van der Waals surface area (Å²) in [7, 11) is 1.92. The lowest BCUT2D eigenvalue weighted by Crippen LogP contribution is -2.29. The molecule has 3 nitrogen and oxygen atoms in total. The summed E-state index contributed by atoms with van der Waals surface area (Å²) in [5.74, 6) is 0.0707. The van der Waals surface area contributed by atoms with E-state index in [0.29, 0.717) is 0 Å². The van der Waals surface area contributed by atoms with Gasteiger partial charge >= 0.3 is 0 Å². The highest BCUT2D eigenvalue weighted by Crippen LogP contribution is 2.22. The van der Waals surface area contributed by atoms with Gasteiger partial charge in [-0.1, -0.05) is 32.9 Å². The number of amides is 1. The first-order chi connectivity index (χ1) is 7.99. The maximum Gasteiger partial charge on any atom is 0.230 e. The number of benzene rings is 1. The Hall–Kier alpha value is -1.35. The third kappa shape index (κ3) is 3.86. The molecular formula is C14H22N2O. The van der Waals surface area contributed by atoms with Crippen molar-refractivity contribution in [1.29, 1.82) is 0 Å². The predicted molar refractivity (Wildman–Crippen MR) is 71.9 cm³/mol. The molecule has 0 fully saturated rings. The number of hydrogen-bond donors (Lipinski definition) is 2. The van der Waals surface area contributed by atoms with E-state index in [0.717, 1.165) is 18.7 Å². The van der Waals surface area contributed by atoms with Gasteiger partial charge in [0.05, 0.1) is 0 Å². The van der Waals surface area contributed by atoms with Crippen molar-refractivity contribution in [1.82, 2.24) is 5.32 Å². The zero-order valence-corrected chi connectivity index (χ0v) is 11.1. The minimum absolute atomic E-state index is 0.0707. The Kier molecular flexibility index (Phi) is 4.70. The highest BCUT2D eigenvalue weighted by Gasteiger charge is 2.24. The number of anilines is 1. The molecule has 0 spiro atoms. The Morgan fingerprint density at radius 1 is 1.24 bits per heavy atom. The normalized spacial score (nSPS) is 11.3. The summed E-state index contributed by atoms with van der Waals surface area (Å²) < 4.78 is 0. The minimum atomic E-state index is -0.316. The first kappa shape index (κ1) is 13.7. The lowest BCUT2D eigenvalue weighted by atomic mass is 9.89. The van der Waals surface area contributed by atoms with Gasteiger partial charge in [-0.15, -0.1) is 0 Å². The van der Waals surface area contributed by atoms with E-state index in [1.54, 1.807) is 0 Å². The van der Waals surface area contributed by atoms with Crippen molar-refractivity contribution in [3.63, 3.8) is 0 Å². The maximum atomic E-state index is 12.0. The molecule has 0 atom stereocenters. The molecule has 2 N–H and O–H groups in total. The van der Waals surface area contributed by atoms with Gasteiger partial charge in [0.25, 0.3) is 0 Å². The largest absolute Gasteiger partial charge is 0.326 e. The molecule has 94 valence electrons. The number of carbonyl (C=O) groups is 1. The average molecular weight is 234 g/mol. The molecule has 1 aromatic carbocycles. The molecular weight excluding hydrogens is 212 g/mol. The van der Waals surface area contributed by atoms with Crippen molar-refractivity contribution >= 4 is 11.6 Å². The molecule has 0 unspecified atom stereocenters. The lowest BCUT2D eigenvalue weighted by molar-refractivity contribution is -0.124. The van der Waals surface area contributed by atoms with Crippen LogP contribution in [-0.4, -0.2) is 13.0 Å². The van der Waals surface area contributed by atoms with Gasteiger partial charge in [0.15, 0.2) is 0 Å². The third-order valence-electron chi connectivity index (χ3n) is 3.09. The van der Waals surface area contributed by atoms with Gasteiger partial charge in [0.2, 0.25) is 5.91 Å². The molecule has 17 heavy (non-hydrogen) atoms. The molecule has 1 amide bonds. The Balaban J connectivity index is 2.66. The summed E-state index contributed by atoms with van der Waals surface area (Å²) in [6.07, 6.45) is 0.830. The maximum absolute atomic E-state index is 12.0. The van der Waals surface area contributed by atoms with Gasteiger partial charge in [0, 0.05) is 17.6 Å². The topological polar surface area (TPSA) is 41.1 Å². The lowest BCUT2D eigenvalue weighted by Gasteiger charge is -2.21. The number of carbonyl (C=O) groups excluding carboxylic acids is 1. The zero-order valence-electron chi connectivity index (χ0n) is 11.1. The van der Waals surface area contributed by atoms with E-state index >= 15 is 0 Å². The van der Waals surface area contributed by atoms with E-state index in [1.165, 1.54) is 5.56 Å². The fourth-order valence-electron chi connectivity index (χ4n) is 1.37. The number of nitrogens with one attached hydrogen (secondary N) is 2. The zero-order chi connectivity index (χ0) is 12.9. The van der Waals surface area contributed by atoms with Crippen molar-refractivity contribution in [2.24, 2.45) is 5.41 Å². The molecule has 0 radical (unpaired) electrons. The Morgan fingerprint density at radius 2 is 1.82 bits per heavy atom. The van der Waals surface area contributed by atoms with Crippen LogP contribution in [0.4, 0.5) is 5.69 Å². The van der Waals surface area contributed by atoms with Crippen molar-refractivity contribution in [2.75, 3.05) is 12.4 Å². The molecule has 0 bridgehead atoms. The van der Waals surface area contributed by atoms with Crippen LogP contribution >= 0.6 is 0 Å². The van der Waals surface area contributed by atoms with Crippen molar-refractivity contribution in [3.05, 3.63) is 29.8 Å². The fraction of sp³-hybridized carbons (Fsp3) is 0.500. The van der Waals surface area contributed by atoms with Crippen LogP contribution in [0.3, 0.4) is 0 Å². The summed E-state index contributed by atoms with van der Waals surface area (Å²) in [6.45, 7) is 6.78. The minimum Gasteiger partial charge on any atom is -0.326 e. The Labute approximate surface area is 104 Å². The monoisotopic (exact) mass is 234 g/mol. The first-order valence-corrected chi connectivity index (χ1v) is 6.04. The smallest absolute Gasteiger partial charge is 0.230 e. The molecule has 0 saturated heterocycles. The molecule has 0 aromatic heterocycles. The molecule has 1 aromatic rings. The van der Waals surface area contributed by atoms with Crippen LogP contribution in [0.2, 0.25) is 0 Å². The molecule has 0 aliphatic rings. The van der Waals surface area contributed by atoms with Crippen LogP contribution in [0, 0.1) is 5.41 Å².